The summed E-state index contributed by atoms with van der Waals surface area (Å²) in [6.07, 6.45) is 2.86. The number of ether oxygens (including phenoxy) is 1. The van der Waals surface area contributed by atoms with Crippen LogP contribution in [0.4, 0.5) is 0 Å². The van der Waals surface area contributed by atoms with Gasteiger partial charge in [0.05, 0.1) is 13.2 Å². The van der Waals surface area contributed by atoms with Gasteiger partial charge in [0.2, 0.25) is 0 Å². The Morgan fingerprint density at radius 2 is 2.06 bits per heavy atom. The lowest BCUT2D eigenvalue weighted by atomic mass is 9.99. The molecule has 0 fully saturated rings. The first kappa shape index (κ1) is 13.9. The Morgan fingerprint density at radius 1 is 1.35 bits per heavy atom. The van der Waals surface area contributed by atoms with Crippen LogP contribution in [0.1, 0.15) is 25.8 Å². The number of hydrogen-bond acceptors (Lipinski definition) is 2. The third-order valence-corrected chi connectivity index (χ3v) is 3.00. The fourth-order valence-corrected chi connectivity index (χ4v) is 1.60. The third-order valence-electron chi connectivity index (χ3n) is 3.00. The van der Waals surface area contributed by atoms with Crippen molar-refractivity contribution in [3.05, 3.63) is 47.5 Å². The largest absolute Gasteiger partial charge is 0.392 e. The van der Waals surface area contributed by atoms with Crippen LogP contribution < -0.4 is 0 Å². The monoisotopic (exact) mass is 234 g/mol. The Bertz CT molecular complexity index is 330. The standard InChI is InChI=1S/C15H22O2/c1-13(8-10-16)14(2)9-11-17-12-15-6-4-3-5-7-15/h3-8,14,16H,9-12H2,1-2H3/b13-8+. The molecule has 0 spiro atoms. The van der Waals surface area contributed by atoms with Crippen LogP contribution in [0.3, 0.4) is 0 Å². The van der Waals surface area contributed by atoms with Gasteiger partial charge in [-0.15, -0.1) is 0 Å². The van der Waals surface area contributed by atoms with E-state index in [2.05, 4.69) is 26.0 Å². The lowest BCUT2D eigenvalue weighted by molar-refractivity contribution is 0.112. The first-order valence-corrected chi connectivity index (χ1v) is 6.13. The van der Waals surface area contributed by atoms with Gasteiger partial charge in [-0.3, -0.25) is 0 Å². The van der Waals surface area contributed by atoms with Crippen molar-refractivity contribution in [3.63, 3.8) is 0 Å². The van der Waals surface area contributed by atoms with Crippen LogP contribution in [0, 0.1) is 5.92 Å². The van der Waals surface area contributed by atoms with Gasteiger partial charge in [0.25, 0.3) is 0 Å². The summed E-state index contributed by atoms with van der Waals surface area (Å²) in [5.74, 6) is 0.470. The predicted octanol–water partition coefficient (Wildman–Crippen LogP) is 3.17. The van der Waals surface area contributed by atoms with Crippen molar-refractivity contribution in [1.82, 2.24) is 0 Å². The van der Waals surface area contributed by atoms with Crippen molar-refractivity contribution in [1.29, 1.82) is 0 Å². The van der Waals surface area contributed by atoms with E-state index in [1.54, 1.807) is 0 Å². The molecule has 0 amide bonds. The number of hydrogen-bond donors (Lipinski definition) is 1. The highest BCUT2D eigenvalue weighted by atomic mass is 16.5. The summed E-state index contributed by atoms with van der Waals surface area (Å²) in [5, 5.41) is 8.80. The number of aliphatic hydroxyl groups excluding tert-OH is 1. The van der Waals surface area contributed by atoms with E-state index in [1.807, 2.05) is 24.3 Å². The quantitative estimate of drug-likeness (QED) is 0.580. The van der Waals surface area contributed by atoms with E-state index in [9.17, 15) is 0 Å². The summed E-state index contributed by atoms with van der Waals surface area (Å²) in [6, 6.07) is 10.2. The minimum absolute atomic E-state index is 0.126. The van der Waals surface area contributed by atoms with E-state index in [0.29, 0.717) is 12.5 Å². The van der Waals surface area contributed by atoms with Gasteiger partial charge in [-0.05, 0) is 24.8 Å². The molecule has 0 aliphatic heterocycles. The van der Waals surface area contributed by atoms with Crippen LogP contribution >= 0.6 is 0 Å². The van der Waals surface area contributed by atoms with Crippen LogP contribution in [0.25, 0.3) is 0 Å². The molecular formula is C15H22O2. The first-order chi connectivity index (χ1) is 8.24. The second-order valence-corrected chi connectivity index (χ2v) is 4.36. The molecule has 0 radical (unpaired) electrons. The summed E-state index contributed by atoms with van der Waals surface area (Å²) >= 11 is 0. The molecular weight excluding hydrogens is 212 g/mol. The smallest absolute Gasteiger partial charge is 0.0716 e. The average Bonchev–Trinajstić information content (AvgIpc) is 2.36. The molecule has 1 aromatic rings. The van der Waals surface area contributed by atoms with Gasteiger partial charge >= 0.3 is 0 Å². The fourth-order valence-electron chi connectivity index (χ4n) is 1.60. The lowest BCUT2D eigenvalue weighted by Crippen LogP contribution is -2.04. The predicted molar refractivity (Wildman–Crippen MR) is 70.7 cm³/mol. The molecule has 0 heterocycles. The molecule has 0 saturated heterocycles. The second kappa shape index (κ2) is 8.04. The van der Waals surface area contributed by atoms with Crippen molar-refractivity contribution in [2.75, 3.05) is 13.2 Å². The summed E-state index contributed by atoms with van der Waals surface area (Å²) < 4.78 is 5.63. The molecule has 0 bridgehead atoms. The van der Waals surface area contributed by atoms with E-state index in [0.717, 1.165) is 13.0 Å². The zero-order chi connectivity index (χ0) is 12.5. The zero-order valence-corrected chi connectivity index (χ0v) is 10.7. The minimum Gasteiger partial charge on any atom is -0.392 e. The van der Waals surface area contributed by atoms with Crippen molar-refractivity contribution < 1.29 is 9.84 Å². The highest BCUT2D eigenvalue weighted by Gasteiger charge is 2.03. The molecule has 2 heteroatoms. The van der Waals surface area contributed by atoms with Crippen LogP contribution in [0.2, 0.25) is 0 Å². The van der Waals surface area contributed by atoms with E-state index >= 15 is 0 Å². The van der Waals surface area contributed by atoms with Crippen LogP contribution in [0.5, 0.6) is 0 Å². The highest BCUT2D eigenvalue weighted by molar-refractivity contribution is 5.13. The van der Waals surface area contributed by atoms with Crippen molar-refractivity contribution in [2.45, 2.75) is 26.9 Å². The molecule has 1 aromatic carbocycles. The third kappa shape index (κ3) is 5.66. The van der Waals surface area contributed by atoms with Gasteiger partial charge in [0.15, 0.2) is 0 Å². The van der Waals surface area contributed by atoms with Gasteiger partial charge in [-0.2, -0.15) is 0 Å². The van der Waals surface area contributed by atoms with E-state index in [1.165, 1.54) is 11.1 Å². The van der Waals surface area contributed by atoms with Gasteiger partial charge in [0, 0.05) is 6.61 Å². The number of benzene rings is 1. The number of aliphatic hydroxyl groups is 1. The maximum absolute atomic E-state index is 8.80. The van der Waals surface area contributed by atoms with Crippen molar-refractivity contribution in [3.8, 4) is 0 Å². The normalized spacial score (nSPS) is 13.7. The Morgan fingerprint density at radius 3 is 2.71 bits per heavy atom. The van der Waals surface area contributed by atoms with E-state index < -0.39 is 0 Å². The summed E-state index contributed by atoms with van der Waals surface area (Å²) in [5.41, 5.74) is 2.44. The maximum Gasteiger partial charge on any atom is 0.0716 e. The molecule has 17 heavy (non-hydrogen) atoms. The SMILES string of the molecule is C/C(=C\CO)C(C)CCOCc1ccccc1. The number of rotatable bonds is 7. The minimum atomic E-state index is 0.126. The van der Waals surface area contributed by atoms with Gasteiger partial charge < -0.3 is 9.84 Å². The second-order valence-electron chi connectivity index (χ2n) is 4.36. The maximum atomic E-state index is 8.80. The van der Waals surface area contributed by atoms with Gasteiger partial charge in [0.1, 0.15) is 0 Å². The molecule has 0 aliphatic carbocycles. The molecule has 1 unspecified atom stereocenters. The van der Waals surface area contributed by atoms with Crippen LogP contribution in [-0.2, 0) is 11.3 Å². The average molecular weight is 234 g/mol. The van der Waals surface area contributed by atoms with Crippen LogP contribution in [-0.4, -0.2) is 18.3 Å². The molecule has 1 rings (SSSR count). The zero-order valence-electron chi connectivity index (χ0n) is 10.7. The van der Waals surface area contributed by atoms with E-state index in [4.69, 9.17) is 9.84 Å². The first-order valence-electron chi connectivity index (χ1n) is 6.13. The topological polar surface area (TPSA) is 29.5 Å². The fraction of sp³-hybridized carbons (Fsp3) is 0.467. The Kier molecular flexibility index (Phi) is 6.60. The molecule has 0 aromatic heterocycles. The van der Waals surface area contributed by atoms with Gasteiger partial charge in [-0.25, -0.2) is 0 Å². The molecule has 1 N–H and O–H groups in total. The summed E-state index contributed by atoms with van der Waals surface area (Å²) in [4.78, 5) is 0. The Hall–Kier alpha value is -1.12. The molecule has 2 nitrogen and oxygen atoms in total. The lowest BCUT2D eigenvalue weighted by Gasteiger charge is -2.12. The molecule has 0 aliphatic rings. The highest BCUT2D eigenvalue weighted by Crippen LogP contribution is 2.14. The summed E-state index contributed by atoms with van der Waals surface area (Å²) in [7, 11) is 0. The van der Waals surface area contributed by atoms with Crippen molar-refractivity contribution >= 4 is 0 Å². The summed E-state index contributed by atoms with van der Waals surface area (Å²) in [6.45, 7) is 5.77. The van der Waals surface area contributed by atoms with Gasteiger partial charge in [-0.1, -0.05) is 48.9 Å². The molecule has 1 atom stereocenters. The molecule has 94 valence electrons. The number of allylic oxidation sites excluding steroid dienone is 1. The van der Waals surface area contributed by atoms with Crippen molar-refractivity contribution in [2.24, 2.45) is 5.92 Å². The molecule has 0 saturated carbocycles. The van der Waals surface area contributed by atoms with E-state index in [-0.39, 0.29) is 6.61 Å². The Labute approximate surface area is 104 Å². The Balaban J connectivity index is 2.18. The van der Waals surface area contributed by atoms with Crippen LogP contribution in [0.15, 0.2) is 42.0 Å².